The molecule has 0 fully saturated rings. The minimum Gasteiger partial charge on any atom is -0.480 e. The smallest absolute Gasteiger partial charge is 0.326 e. The van der Waals surface area contributed by atoms with Crippen molar-refractivity contribution in [2.75, 3.05) is 6.61 Å². The number of carbonyl (C=O) groups is 6. The predicted molar refractivity (Wildman–Crippen MR) is 187 cm³/mol. The van der Waals surface area contributed by atoms with Crippen LogP contribution in [0.1, 0.15) is 93.7 Å². The number of aryl methyl sites for hydroxylation is 1. The molecule has 0 aromatic heterocycles. The minimum atomic E-state index is -1.18. The number of ether oxygens (including phenoxy) is 1. The van der Waals surface area contributed by atoms with E-state index in [4.69, 9.17) is 4.74 Å². The van der Waals surface area contributed by atoms with Gasteiger partial charge in [0.25, 0.3) is 0 Å². The Morgan fingerprint density at radius 2 is 1.29 bits per heavy atom. The Labute approximate surface area is 291 Å². The van der Waals surface area contributed by atoms with Crippen molar-refractivity contribution < 1.29 is 38.6 Å². The highest BCUT2D eigenvalue weighted by molar-refractivity contribution is 5.96. The normalized spacial score (nSPS) is 15.0. The van der Waals surface area contributed by atoms with E-state index in [-0.39, 0.29) is 25.4 Å². The van der Waals surface area contributed by atoms with E-state index >= 15 is 0 Å². The third-order valence-corrected chi connectivity index (χ3v) is 7.68. The van der Waals surface area contributed by atoms with Gasteiger partial charge in [-0.15, -0.1) is 0 Å². The van der Waals surface area contributed by atoms with E-state index in [1.165, 1.54) is 6.92 Å². The fourth-order valence-electron chi connectivity index (χ4n) is 4.95. The Hall–Kier alpha value is -4.00. The highest BCUT2D eigenvalue weighted by Crippen LogP contribution is 2.21. The SMILES string of the molecule is CC(=O)N[C@@H](COC(C)(C)C)C(=O)N[C@@H](C(=O)N[C@@H](Cc1ccccc1C)C(=O)N[C@H](C(=O)N[C@@H](CC(C)C)C(=O)O)C(C)(C)C)C(C)C. The summed E-state index contributed by atoms with van der Waals surface area (Å²) >= 11 is 0. The molecule has 13 heteroatoms. The predicted octanol–water partition coefficient (Wildman–Crippen LogP) is 2.63. The summed E-state index contributed by atoms with van der Waals surface area (Å²) in [6.07, 6.45) is 0.270. The lowest BCUT2D eigenvalue weighted by Gasteiger charge is -2.33. The van der Waals surface area contributed by atoms with E-state index < -0.39 is 82.6 Å². The van der Waals surface area contributed by atoms with E-state index in [1.807, 2.05) is 65.8 Å². The number of aliphatic carboxylic acids is 1. The van der Waals surface area contributed by atoms with Crippen LogP contribution in [0.2, 0.25) is 0 Å². The Morgan fingerprint density at radius 3 is 1.76 bits per heavy atom. The summed E-state index contributed by atoms with van der Waals surface area (Å²) in [5.74, 6) is -4.66. The highest BCUT2D eigenvalue weighted by atomic mass is 16.5. The van der Waals surface area contributed by atoms with E-state index in [0.29, 0.717) is 0 Å². The molecule has 0 spiro atoms. The number of hydrogen-bond donors (Lipinski definition) is 6. The molecule has 49 heavy (non-hydrogen) atoms. The molecule has 0 radical (unpaired) electrons. The summed E-state index contributed by atoms with van der Waals surface area (Å²) in [4.78, 5) is 78.5. The molecule has 276 valence electrons. The van der Waals surface area contributed by atoms with Crippen molar-refractivity contribution >= 4 is 35.5 Å². The summed E-state index contributed by atoms with van der Waals surface area (Å²) in [5, 5.41) is 23.1. The van der Waals surface area contributed by atoms with Crippen LogP contribution in [0.4, 0.5) is 0 Å². The molecule has 5 atom stereocenters. The standard InChI is InChI=1S/C36H59N5O8/c1-20(2)17-26(34(47)48)39-33(46)29(35(7,8)9)41-30(43)25(18-24-16-14-13-15-22(24)5)38-32(45)28(21(3)4)40-31(44)27(37-23(6)42)19-49-36(10,11)12/h13-16,20-21,25-29H,17-19H2,1-12H3,(H,37,42)(H,38,45)(H,39,46)(H,40,44)(H,41,43)(H,47,48)/t25-,26-,27-,28+,29+/m0/s1. The molecule has 0 unspecified atom stereocenters. The molecule has 1 rings (SSSR count). The van der Waals surface area contributed by atoms with Gasteiger partial charge in [-0.2, -0.15) is 0 Å². The molecule has 0 saturated carbocycles. The summed E-state index contributed by atoms with van der Waals surface area (Å²) in [6, 6.07) is 1.71. The van der Waals surface area contributed by atoms with Gasteiger partial charge in [-0.05, 0) is 62.5 Å². The molecule has 0 aliphatic rings. The third kappa shape index (κ3) is 15.4. The number of carboxylic acid groups (broad SMARTS) is 1. The number of amides is 5. The molecule has 0 aliphatic carbocycles. The zero-order chi connectivity index (χ0) is 37.9. The topological polar surface area (TPSA) is 192 Å². The molecular formula is C36H59N5O8. The van der Waals surface area contributed by atoms with Gasteiger partial charge in [-0.3, -0.25) is 24.0 Å². The molecule has 6 N–H and O–H groups in total. The van der Waals surface area contributed by atoms with Gasteiger partial charge in [-0.1, -0.05) is 72.7 Å². The first-order valence-electron chi connectivity index (χ1n) is 16.8. The van der Waals surface area contributed by atoms with Gasteiger partial charge in [0.1, 0.15) is 30.2 Å². The highest BCUT2D eigenvalue weighted by Gasteiger charge is 2.38. The maximum atomic E-state index is 14.0. The molecular weight excluding hydrogens is 630 g/mol. The second-order valence-corrected chi connectivity index (χ2v) is 15.4. The first-order valence-corrected chi connectivity index (χ1v) is 16.8. The van der Waals surface area contributed by atoms with Gasteiger partial charge in [0.15, 0.2) is 0 Å². The summed E-state index contributed by atoms with van der Waals surface area (Å²) in [7, 11) is 0. The van der Waals surface area contributed by atoms with Crippen LogP contribution in [-0.2, 0) is 39.9 Å². The molecule has 0 heterocycles. The first-order chi connectivity index (χ1) is 22.4. The van der Waals surface area contributed by atoms with Crippen molar-refractivity contribution in [3.05, 3.63) is 35.4 Å². The van der Waals surface area contributed by atoms with E-state index in [2.05, 4.69) is 26.6 Å². The third-order valence-electron chi connectivity index (χ3n) is 7.68. The van der Waals surface area contributed by atoms with Gasteiger partial charge < -0.3 is 36.4 Å². The minimum absolute atomic E-state index is 0.00767. The van der Waals surface area contributed by atoms with Crippen molar-refractivity contribution in [3.8, 4) is 0 Å². The van der Waals surface area contributed by atoms with Crippen molar-refractivity contribution in [1.82, 2.24) is 26.6 Å². The Morgan fingerprint density at radius 1 is 0.735 bits per heavy atom. The van der Waals surface area contributed by atoms with Crippen LogP contribution >= 0.6 is 0 Å². The lowest BCUT2D eigenvalue weighted by Crippen LogP contribution is -2.62. The zero-order valence-corrected chi connectivity index (χ0v) is 31.3. The number of hydrogen-bond acceptors (Lipinski definition) is 7. The number of carbonyl (C=O) groups excluding carboxylic acids is 5. The summed E-state index contributed by atoms with van der Waals surface area (Å²) in [6.45, 7) is 20.8. The van der Waals surface area contributed by atoms with Gasteiger partial charge in [0, 0.05) is 13.3 Å². The Kier molecular flexibility index (Phi) is 16.4. The maximum absolute atomic E-state index is 14.0. The molecule has 1 aromatic rings. The first kappa shape index (κ1) is 43.0. The van der Waals surface area contributed by atoms with Gasteiger partial charge in [-0.25, -0.2) is 4.79 Å². The second kappa shape index (κ2) is 18.7. The second-order valence-electron chi connectivity index (χ2n) is 15.4. The fraction of sp³-hybridized carbons (Fsp3) is 0.667. The summed E-state index contributed by atoms with van der Waals surface area (Å²) < 4.78 is 5.73. The Bertz CT molecular complexity index is 1310. The van der Waals surface area contributed by atoms with Crippen LogP contribution in [0.25, 0.3) is 0 Å². The van der Waals surface area contributed by atoms with Crippen LogP contribution in [0.5, 0.6) is 0 Å². The number of nitrogens with one attached hydrogen (secondary N) is 5. The van der Waals surface area contributed by atoms with Crippen LogP contribution in [0, 0.1) is 24.2 Å². The average molecular weight is 690 g/mol. The van der Waals surface area contributed by atoms with Gasteiger partial charge >= 0.3 is 5.97 Å². The quantitative estimate of drug-likeness (QED) is 0.144. The van der Waals surface area contributed by atoms with Gasteiger partial charge in [0.2, 0.25) is 29.5 Å². The molecule has 0 aliphatic heterocycles. The fourth-order valence-corrected chi connectivity index (χ4v) is 4.95. The van der Waals surface area contributed by atoms with Crippen molar-refractivity contribution in [2.24, 2.45) is 17.3 Å². The Balaban J connectivity index is 3.41. The lowest BCUT2D eigenvalue weighted by atomic mass is 9.85. The summed E-state index contributed by atoms with van der Waals surface area (Å²) in [5.41, 5.74) is 0.230. The number of carboxylic acids is 1. The molecule has 0 bridgehead atoms. The molecule has 13 nitrogen and oxygen atoms in total. The average Bonchev–Trinajstić information content (AvgIpc) is 2.94. The number of rotatable bonds is 17. The molecule has 1 aromatic carbocycles. The zero-order valence-electron chi connectivity index (χ0n) is 31.3. The number of benzene rings is 1. The van der Waals surface area contributed by atoms with Gasteiger partial charge in [0.05, 0.1) is 12.2 Å². The van der Waals surface area contributed by atoms with Crippen LogP contribution in [0.3, 0.4) is 0 Å². The van der Waals surface area contributed by atoms with Crippen molar-refractivity contribution in [1.29, 1.82) is 0 Å². The largest absolute Gasteiger partial charge is 0.480 e. The van der Waals surface area contributed by atoms with E-state index in [1.54, 1.807) is 34.6 Å². The van der Waals surface area contributed by atoms with E-state index in [0.717, 1.165) is 11.1 Å². The maximum Gasteiger partial charge on any atom is 0.326 e. The lowest BCUT2D eigenvalue weighted by molar-refractivity contribution is -0.143. The van der Waals surface area contributed by atoms with Crippen LogP contribution in [0.15, 0.2) is 24.3 Å². The van der Waals surface area contributed by atoms with E-state index in [9.17, 15) is 33.9 Å². The van der Waals surface area contributed by atoms with Crippen molar-refractivity contribution in [2.45, 2.75) is 132 Å². The monoisotopic (exact) mass is 689 g/mol. The van der Waals surface area contributed by atoms with Crippen LogP contribution in [-0.4, -0.2) is 83.0 Å². The molecule has 0 saturated heterocycles. The van der Waals surface area contributed by atoms with Crippen LogP contribution < -0.4 is 26.6 Å². The van der Waals surface area contributed by atoms with Crippen molar-refractivity contribution in [3.63, 3.8) is 0 Å². The molecule has 5 amide bonds.